The van der Waals surface area contributed by atoms with Gasteiger partial charge in [-0.2, -0.15) is 0 Å². The quantitative estimate of drug-likeness (QED) is 0.719. The fourth-order valence-electron chi connectivity index (χ4n) is 2.47. The van der Waals surface area contributed by atoms with E-state index in [1.165, 1.54) is 0 Å². The lowest BCUT2D eigenvalue weighted by Crippen LogP contribution is -2.49. The lowest BCUT2D eigenvalue weighted by molar-refractivity contribution is -0.144. The Morgan fingerprint density at radius 1 is 1.56 bits per heavy atom. The summed E-state index contributed by atoms with van der Waals surface area (Å²) in [6.07, 6.45) is 0.908. The van der Waals surface area contributed by atoms with Gasteiger partial charge in [0.25, 0.3) is 0 Å². The number of carbonyl (C=O) groups excluding carboxylic acids is 1. The lowest BCUT2D eigenvalue weighted by atomic mass is 9.75. The van der Waals surface area contributed by atoms with Crippen molar-refractivity contribution in [1.82, 2.24) is 10.2 Å². The van der Waals surface area contributed by atoms with E-state index < -0.39 is 0 Å². The average Bonchev–Trinajstić information content (AvgIpc) is 2.75. The number of hydrogen-bond donors (Lipinski definition) is 2. The second-order valence-corrected chi connectivity index (χ2v) is 4.85. The van der Waals surface area contributed by atoms with Crippen LogP contribution in [0.15, 0.2) is 0 Å². The topological polar surface area (TPSA) is 52.6 Å². The SMILES string of the molecule is CCN(CCO)C(=O)C1(C(C)C)CCNC1. The summed E-state index contributed by atoms with van der Waals surface area (Å²) in [6, 6.07) is 0. The molecule has 16 heavy (non-hydrogen) atoms. The third-order valence-electron chi connectivity index (χ3n) is 3.76. The molecule has 2 N–H and O–H groups in total. The zero-order chi connectivity index (χ0) is 12.2. The number of hydrogen-bond acceptors (Lipinski definition) is 3. The number of likely N-dealkylation sites (N-methyl/N-ethyl adjacent to an activating group) is 1. The minimum Gasteiger partial charge on any atom is -0.395 e. The van der Waals surface area contributed by atoms with E-state index in [4.69, 9.17) is 5.11 Å². The molecule has 0 aromatic rings. The molecule has 1 unspecified atom stereocenters. The highest BCUT2D eigenvalue weighted by molar-refractivity contribution is 5.83. The third kappa shape index (κ3) is 2.38. The molecule has 0 radical (unpaired) electrons. The Hall–Kier alpha value is -0.610. The van der Waals surface area contributed by atoms with Crippen LogP contribution in [0.3, 0.4) is 0 Å². The molecule has 1 aliphatic rings. The van der Waals surface area contributed by atoms with E-state index in [9.17, 15) is 4.79 Å². The predicted molar refractivity (Wildman–Crippen MR) is 64.1 cm³/mol. The minimum atomic E-state index is -0.259. The van der Waals surface area contributed by atoms with E-state index >= 15 is 0 Å². The van der Waals surface area contributed by atoms with Crippen LogP contribution in [-0.2, 0) is 4.79 Å². The first kappa shape index (κ1) is 13.5. The van der Waals surface area contributed by atoms with Crippen LogP contribution in [0, 0.1) is 11.3 Å². The van der Waals surface area contributed by atoms with Gasteiger partial charge >= 0.3 is 0 Å². The molecule has 1 aliphatic heterocycles. The molecule has 4 heteroatoms. The molecule has 94 valence electrons. The van der Waals surface area contributed by atoms with Crippen LogP contribution in [0.1, 0.15) is 27.2 Å². The van der Waals surface area contributed by atoms with E-state index in [0.29, 0.717) is 19.0 Å². The van der Waals surface area contributed by atoms with Gasteiger partial charge in [0.2, 0.25) is 5.91 Å². The highest BCUT2D eigenvalue weighted by Crippen LogP contribution is 2.36. The summed E-state index contributed by atoms with van der Waals surface area (Å²) in [4.78, 5) is 14.3. The largest absolute Gasteiger partial charge is 0.395 e. The molecule has 0 aromatic heterocycles. The Kier molecular flexibility index (Phi) is 4.74. The number of amides is 1. The van der Waals surface area contributed by atoms with Crippen molar-refractivity contribution in [3.63, 3.8) is 0 Å². The van der Waals surface area contributed by atoms with Crippen LogP contribution in [0.5, 0.6) is 0 Å². The molecule has 0 aliphatic carbocycles. The number of rotatable bonds is 5. The molecule has 0 aromatic carbocycles. The summed E-state index contributed by atoms with van der Waals surface area (Å²) in [5.41, 5.74) is -0.259. The third-order valence-corrected chi connectivity index (χ3v) is 3.76. The number of nitrogens with zero attached hydrogens (tertiary/aromatic N) is 1. The van der Waals surface area contributed by atoms with Crippen LogP contribution < -0.4 is 5.32 Å². The number of aliphatic hydroxyl groups is 1. The summed E-state index contributed by atoms with van der Waals surface area (Å²) in [5.74, 6) is 0.534. The van der Waals surface area contributed by atoms with Crippen molar-refractivity contribution in [1.29, 1.82) is 0 Å². The Morgan fingerprint density at radius 2 is 2.25 bits per heavy atom. The monoisotopic (exact) mass is 228 g/mol. The molecule has 1 rings (SSSR count). The summed E-state index contributed by atoms with van der Waals surface area (Å²) < 4.78 is 0. The van der Waals surface area contributed by atoms with Gasteiger partial charge in [-0.15, -0.1) is 0 Å². The number of nitrogens with one attached hydrogen (secondary N) is 1. The molecular formula is C12H24N2O2. The van der Waals surface area contributed by atoms with Gasteiger partial charge in [0.05, 0.1) is 12.0 Å². The van der Waals surface area contributed by atoms with E-state index in [0.717, 1.165) is 19.5 Å². The zero-order valence-corrected chi connectivity index (χ0v) is 10.6. The molecule has 1 fully saturated rings. The van der Waals surface area contributed by atoms with Gasteiger partial charge in [-0.1, -0.05) is 13.8 Å². The summed E-state index contributed by atoms with van der Waals surface area (Å²) in [6.45, 7) is 9.03. The fraction of sp³-hybridized carbons (Fsp3) is 0.917. The van der Waals surface area contributed by atoms with Gasteiger partial charge in [-0.3, -0.25) is 4.79 Å². The van der Waals surface area contributed by atoms with Gasteiger partial charge in [0, 0.05) is 19.6 Å². The second kappa shape index (κ2) is 5.64. The van der Waals surface area contributed by atoms with Crippen molar-refractivity contribution in [2.75, 3.05) is 32.8 Å². The van der Waals surface area contributed by atoms with Crippen molar-refractivity contribution in [2.24, 2.45) is 11.3 Å². The summed E-state index contributed by atoms with van der Waals surface area (Å²) in [5, 5.41) is 12.3. The first-order valence-electron chi connectivity index (χ1n) is 6.19. The van der Waals surface area contributed by atoms with Crippen molar-refractivity contribution in [2.45, 2.75) is 27.2 Å². The van der Waals surface area contributed by atoms with Gasteiger partial charge < -0.3 is 15.3 Å². The number of aliphatic hydroxyl groups excluding tert-OH is 1. The summed E-state index contributed by atoms with van der Waals surface area (Å²) >= 11 is 0. The summed E-state index contributed by atoms with van der Waals surface area (Å²) in [7, 11) is 0. The van der Waals surface area contributed by atoms with Gasteiger partial charge in [0.1, 0.15) is 0 Å². The molecule has 1 saturated heterocycles. The van der Waals surface area contributed by atoms with Crippen molar-refractivity contribution in [3.05, 3.63) is 0 Å². The molecule has 1 amide bonds. The van der Waals surface area contributed by atoms with Crippen molar-refractivity contribution in [3.8, 4) is 0 Å². The van der Waals surface area contributed by atoms with Gasteiger partial charge in [0.15, 0.2) is 0 Å². The van der Waals surface area contributed by atoms with Crippen LogP contribution in [0.2, 0.25) is 0 Å². The van der Waals surface area contributed by atoms with Crippen LogP contribution in [-0.4, -0.2) is 48.7 Å². The Bertz CT molecular complexity index is 235. The standard InChI is InChI=1S/C12H24N2O2/c1-4-14(7-8-15)11(16)12(10(2)3)5-6-13-9-12/h10,13,15H,4-9H2,1-3H3. The predicted octanol–water partition coefficient (Wildman–Crippen LogP) is 0.463. The van der Waals surface area contributed by atoms with Crippen molar-refractivity contribution < 1.29 is 9.90 Å². The molecule has 1 atom stereocenters. The normalized spacial score (nSPS) is 25.1. The Labute approximate surface area is 98.0 Å². The van der Waals surface area contributed by atoms with E-state index in [-0.39, 0.29) is 17.9 Å². The first-order valence-corrected chi connectivity index (χ1v) is 6.19. The first-order chi connectivity index (χ1) is 7.58. The molecule has 0 bridgehead atoms. The Balaban J connectivity index is 2.82. The van der Waals surface area contributed by atoms with E-state index in [1.54, 1.807) is 4.90 Å². The molecule has 4 nitrogen and oxygen atoms in total. The van der Waals surface area contributed by atoms with E-state index in [2.05, 4.69) is 19.2 Å². The number of carbonyl (C=O) groups is 1. The second-order valence-electron chi connectivity index (χ2n) is 4.85. The molecule has 1 heterocycles. The highest BCUT2D eigenvalue weighted by Gasteiger charge is 2.45. The lowest BCUT2D eigenvalue weighted by Gasteiger charge is -2.36. The molecular weight excluding hydrogens is 204 g/mol. The molecule has 0 saturated carbocycles. The average molecular weight is 228 g/mol. The maximum Gasteiger partial charge on any atom is 0.230 e. The maximum atomic E-state index is 12.5. The van der Waals surface area contributed by atoms with Crippen LogP contribution in [0.4, 0.5) is 0 Å². The Morgan fingerprint density at radius 3 is 2.62 bits per heavy atom. The van der Waals surface area contributed by atoms with E-state index in [1.807, 2.05) is 6.92 Å². The highest BCUT2D eigenvalue weighted by atomic mass is 16.3. The fourth-order valence-corrected chi connectivity index (χ4v) is 2.47. The maximum absolute atomic E-state index is 12.5. The molecule has 0 spiro atoms. The minimum absolute atomic E-state index is 0.0428. The zero-order valence-electron chi connectivity index (χ0n) is 10.6. The smallest absolute Gasteiger partial charge is 0.230 e. The van der Waals surface area contributed by atoms with Gasteiger partial charge in [-0.05, 0) is 25.8 Å². The van der Waals surface area contributed by atoms with Crippen molar-refractivity contribution >= 4 is 5.91 Å². The van der Waals surface area contributed by atoms with Crippen LogP contribution in [0.25, 0.3) is 0 Å². The van der Waals surface area contributed by atoms with Crippen LogP contribution >= 0.6 is 0 Å². The van der Waals surface area contributed by atoms with Gasteiger partial charge in [-0.25, -0.2) is 0 Å².